The summed E-state index contributed by atoms with van der Waals surface area (Å²) in [5.41, 5.74) is -0.795. The predicted molar refractivity (Wildman–Crippen MR) is 115 cm³/mol. The molecule has 5 aliphatic rings. The van der Waals surface area contributed by atoms with Crippen molar-refractivity contribution in [2.45, 2.75) is 90.3 Å². The van der Waals surface area contributed by atoms with Gasteiger partial charge in [0.2, 0.25) is 0 Å². The number of ketones is 1. The number of carbonyl (C=O) groups excluding carboxylic acids is 2. The summed E-state index contributed by atoms with van der Waals surface area (Å²) in [5.74, 6) is -0.0579. The fourth-order valence-electron chi connectivity index (χ4n) is 7.86. The van der Waals surface area contributed by atoms with E-state index in [2.05, 4.69) is 27.7 Å². The molecule has 5 fully saturated rings. The van der Waals surface area contributed by atoms with Crippen LogP contribution in [0.4, 0.5) is 0 Å². The van der Waals surface area contributed by atoms with Crippen molar-refractivity contribution in [2.24, 2.45) is 35.5 Å². The van der Waals surface area contributed by atoms with E-state index < -0.39 is 11.6 Å². The molecule has 10 atom stereocenters. The van der Waals surface area contributed by atoms with E-state index in [1.54, 1.807) is 7.05 Å². The number of likely N-dealkylation sites (N-methyl/N-ethyl adjacent to an activating group) is 1. The van der Waals surface area contributed by atoms with Crippen LogP contribution < -0.4 is 0 Å². The van der Waals surface area contributed by atoms with Crippen molar-refractivity contribution in [3.8, 4) is 0 Å². The first-order valence-electron chi connectivity index (χ1n) is 12.0. The number of amides is 1. The molecule has 6 nitrogen and oxygen atoms in total. The van der Waals surface area contributed by atoms with Crippen LogP contribution in [0.5, 0.6) is 0 Å². The first-order valence-corrected chi connectivity index (χ1v) is 12.0. The van der Waals surface area contributed by atoms with E-state index in [0.29, 0.717) is 11.8 Å². The standard InChI is InChI=1S/C25H37NO5/c1-11(2)18-20(28)17(23(29)26(18)7)19(27)16-15-12(3)9-8-10-14(15)22-25(6,31-22)21(16)24(5)13(4)30-24/h11-16,18,21-22,27H,8-10H2,1-7H3. The molecule has 10 unspecified atom stereocenters. The smallest absolute Gasteiger partial charge is 0.261 e. The van der Waals surface area contributed by atoms with Crippen LogP contribution in [0, 0.1) is 35.5 Å². The Morgan fingerprint density at radius 2 is 1.77 bits per heavy atom. The van der Waals surface area contributed by atoms with Crippen molar-refractivity contribution in [1.82, 2.24) is 4.90 Å². The first kappa shape index (κ1) is 21.4. The van der Waals surface area contributed by atoms with Gasteiger partial charge in [-0.1, -0.05) is 33.6 Å². The number of epoxide rings is 2. The third-order valence-electron chi connectivity index (χ3n) is 9.49. The summed E-state index contributed by atoms with van der Waals surface area (Å²) >= 11 is 0. The van der Waals surface area contributed by atoms with E-state index in [1.165, 1.54) is 4.90 Å². The second-order valence-electron chi connectivity index (χ2n) is 11.5. The van der Waals surface area contributed by atoms with E-state index in [-0.39, 0.29) is 64.5 Å². The lowest BCUT2D eigenvalue weighted by Crippen LogP contribution is -2.54. The number of carbonyl (C=O) groups is 2. The van der Waals surface area contributed by atoms with E-state index in [9.17, 15) is 14.7 Å². The van der Waals surface area contributed by atoms with Gasteiger partial charge >= 0.3 is 0 Å². The van der Waals surface area contributed by atoms with Crippen LogP contribution in [0.1, 0.15) is 60.8 Å². The molecule has 2 aliphatic carbocycles. The maximum absolute atomic E-state index is 13.4. The molecule has 0 aromatic carbocycles. The van der Waals surface area contributed by atoms with Gasteiger partial charge in [-0.25, -0.2) is 0 Å². The van der Waals surface area contributed by atoms with Crippen LogP contribution in [0.25, 0.3) is 0 Å². The SMILES string of the molecule is CC(C)C1C(=O)C(=C(O)C2C3C(C)CCCC3C3OC3(C)C2C2(C)OC2C)C(=O)N1C. The van der Waals surface area contributed by atoms with Crippen LogP contribution >= 0.6 is 0 Å². The van der Waals surface area contributed by atoms with Crippen molar-refractivity contribution in [3.63, 3.8) is 0 Å². The molecule has 6 heteroatoms. The maximum Gasteiger partial charge on any atom is 0.261 e. The molecule has 31 heavy (non-hydrogen) atoms. The Morgan fingerprint density at radius 3 is 2.32 bits per heavy atom. The molecule has 0 radical (unpaired) electrons. The number of aliphatic hydroxyl groups is 1. The van der Waals surface area contributed by atoms with Crippen molar-refractivity contribution in [3.05, 3.63) is 11.3 Å². The lowest BCUT2D eigenvalue weighted by molar-refractivity contribution is -0.126. The molecule has 0 bridgehead atoms. The average Bonchev–Trinajstić information content (AvgIpc) is 3.52. The van der Waals surface area contributed by atoms with Crippen LogP contribution in [0.3, 0.4) is 0 Å². The topological polar surface area (TPSA) is 82.7 Å². The van der Waals surface area contributed by atoms with Gasteiger partial charge in [0.25, 0.3) is 5.91 Å². The molecule has 0 aromatic heterocycles. The molecule has 3 aliphatic heterocycles. The Morgan fingerprint density at radius 1 is 1.13 bits per heavy atom. The third-order valence-corrected chi connectivity index (χ3v) is 9.49. The average molecular weight is 432 g/mol. The summed E-state index contributed by atoms with van der Waals surface area (Å²) in [6, 6.07) is -0.515. The number of aliphatic hydroxyl groups excluding tert-OH is 1. The number of nitrogens with zero attached hydrogens (tertiary/aromatic N) is 1. The van der Waals surface area contributed by atoms with Gasteiger partial charge in [0.05, 0.1) is 29.5 Å². The first-order chi connectivity index (χ1) is 14.4. The summed E-state index contributed by atoms with van der Waals surface area (Å²) in [6.07, 6.45) is 3.57. The number of rotatable bonds is 3. The fourth-order valence-corrected chi connectivity index (χ4v) is 7.86. The molecule has 1 amide bonds. The number of fused-ring (bicyclic) bond motifs is 3. The van der Waals surface area contributed by atoms with Gasteiger partial charge < -0.3 is 19.5 Å². The Hall–Kier alpha value is -1.40. The zero-order valence-electron chi connectivity index (χ0n) is 19.8. The third kappa shape index (κ3) is 2.70. The molecule has 172 valence electrons. The molecule has 0 spiro atoms. The monoisotopic (exact) mass is 431 g/mol. The summed E-state index contributed by atoms with van der Waals surface area (Å²) in [6.45, 7) is 12.5. The quantitative estimate of drug-likeness (QED) is 0.320. The van der Waals surface area contributed by atoms with Gasteiger partial charge in [-0.3, -0.25) is 9.59 Å². The zero-order valence-corrected chi connectivity index (χ0v) is 19.8. The van der Waals surface area contributed by atoms with E-state index in [1.807, 2.05) is 13.8 Å². The number of hydrogen-bond acceptors (Lipinski definition) is 5. The van der Waals surface area contributed by atoms with Crippen LogP contribution in [0.15, 0.2) is 11.3 Å². The molecule has 5 rings (SSSR count). The molecular formula is C25H37NO5. The van der Waals surface area contributed by atoms with Gasteiger partial charge in [0.1, 0.15) is 11.3 Å². The lowest BCUT2D eigenvalue weighted by Gasteiger charge is -2.49. The highest BCUT2D eigenvalue weighted by Gasteiger charge is 2.77. The van der Waals surface area contributed by atoms with Gasteiger partial charge in [-0.15, -0.1) is 0 Å². The summed E-state index contributed by atoms with van der Waals surface area (Å²) in [5, 5.41) is 11.8. The van der Waals surface area contributed by atoms with Crippen LogP contribution in [-0.4, -0.2) is 58.2 Å². The van der Waals surface area contributed by atoms with Crippen molar-refractivity contribution >= 4 is 11.7 Å². The number of hydrogen-bond donors (Lipinski definition) is 1. The molecule has 2 saturated carbocycles. The largest absolute Gasteiger partial charge is 0.511 e. The fraction of sp³-hybridized carbons (Fsp3) is 0.840. The molecule has 3 heterocycles. The number of allylic oxidation sites excluding steroid dienone is 1. The maximum atomic E-state index is 13.4. The number of likely N-dealkylation sites (tertiary alicyclic amines) is 1. The Kier molecular flexibility index (Phi) is 4.54. The lowest BCUT2D eigenvalue weighted by atomic mass is 9.52. The summed E-state index contributed by atoms with van der Waals surface area (Å²) in [4.78, 5) is 28.1. The highest BCUT2D eigenvalue weighted by Crippen LogP contribution is 2.69. The van der Waals surface area contributed by atoms with E-state index in [0.717, 1.165) is 19.3 Å². The predicted octanol–water partition coefficient (Wildman–Crippen LogP) is 3.50. The van der Waals surface area contributed by atoms with Crippen molar-refractivity contribution in [1.29, 1.82) is 0 Å². The second kappa shape index (κ2) is 6.57. The van der Waals surface area contributed by atoms with E-state index >= 15 is 0 Å². The van der Waals surface area contributed by atoms with E-state index in [4.69, 9.17) is 9.47 Å². The minimum absolute atomic E-state index is 0.00199. The molecule has 1 N–H and O–H groups in total. The van der Waals surface area contributed by atoms with Crippen LogP contribution in [0.2, 0.25) is 0 Å². The van der Waals surface area contributed by atoms with Gasteiger partial charge in [-0.05, 0) is 50.9 Å². The molecular weight excluding hydrogens is 394 g/mol. The highest BCUT2D eigenvalue weighted by atomic mass is 16.6. The Labute approximate surface area is 185 Å². The number of Topliss-reactive ketones (excluding diaryl/α,β-unsaturated/α-hetero) is 1. The minimum atomic E-state index is -0.515. The van der Waals surface area contributed by atoms with Gasteiger partial charge in [0, 0.05) is 18.9 Å². The van der Waals surface area contributed by atoms with Crippen molar-refractivity contribution < 1.29 is 24.2 Å². The minimum Gasteiger partial charge on any atom is -0.511 e. The molecule has 3 saturated heterocycles. The molecule has 0 aromatic rings. The van der Waals surface area contributed by atoms with Crippen molar-refractivity contribution in [2.75, 3.05) is 7.05 Å². The highest BCUT2D eigenvalue weighted by molar-refractivity contribution is 6.26. The Bertz CT molecular complexity index is 866. The Balaban J connectivity index is 1.66. The van der Waals surface area contributed by atoms with Crippen LogP contribution in [-0.2, 0) is 19.1 Å². The summed E-state index contributed by atoms with van der Waals surface area (Å²) in [7, 11) is 1.67. The zero-order chi connectivity index (χ0) is 22.6. The normalized spacial score (nSPS) is 52.8. The van der Waals surface area contributed by atoms with Gasteiger partial charge in [0.15, 0.2) is 5.78 Å². The second-order valence-corrected chi connectivity index (χ2v) is 11.5. The summed E-state index contributed by atoms with van der Waals surface area (Å²) < 4.78 is 12.5. The number of ether oxygens (including phenoxy) is 2. The van der Waals surface area contributed by atoms with Gasteiger partial charge in [-0.2, -0.15) is 0 Å².